The molecule has 0 amide bonds. The summed E-state index contributed by atoms with van der Waals surface area (Å²) in [5.74, 6) is -0.732. The zero-order chi connectivity index (χ0) is 11.6. The number of aliphatic carboxylic acids is 1. The second-order valence-corrected chi connectivity index (χ2v) is 5.12. The molecule has 1 aromatic heterocycles. The van der Waals surface area contributed by atoms with Crippen LogP contribution in [0.3, 0.4) is 0 Å². The number of hydrogen-bond donors (Lipinski definition) is 2. The van der Waals surface area contributed by atoms with Crippen LogP contribution in [0.2, 0.25) is 0 Å². The molecule has 88 valence electrons. The number of aryl methyl sites for hydroxylation is 1. The van der Waals surface area contributed by atoms with E-state index in [-0.39, 0.29) is 0 Å². The standard InChI is InChI=1S/C11H16N2O2S/c1-2-9-13-8(7-16-9)6-12-11(10(14)15)4-3-5-11/h7,12H,2-6H2,1H3,(H,14,15). The van der Waals surface area contributed by atoms with Crippen molar-refractivity contribution in [1.82, 2.24) is 10.3 Å². The second kappa shape index (κ2) is 4.51. The topological polar surface area (TPSA) is 62.2 Å². The van der Waals surface area contributed by atoms with Crippen molar-refractivity contribution in [2.75, 3.05) is 0 Å². The van der Waals surface area contributed by atoms with Crippen molar-refractivity contribution in [1.29, 1.82) is 0 Å². The number of nitrogens with zero attached hydrogens (tertiary/aromatic N) is 1. The summed E-state index contributed by atoms with van der Waals surface area (Å²) in [5.41, 5.74) is 0.269. The fourth-order valence-corrected chi connectivity index (χ4v) is 2.59. The molecular weight excluding hydrogens is 224 g/mol. The molecule has 0 unspecified atom stereocenters. The average Bonchev–Trinajstić information content (AvgIpc) is 2.63. The van der Waals surface area contributed by atoms with Crippen molar-refractivity contribution in [3.05, 3.63) is 16.1 Å². The van der Waals surface area contributed by atoms with Crippen LogP contribution in [0.25, 0.3) is 0 Å². The molecule has 16 heavy (non-hydrogen) atoms. The molecule has 2 N–H and O–H groups in total. The molecule has 0 atom stereocenters. The summed E-state index contributed by atoms with van der Waals surface area (Å²) >= 11 is 1.64. The Hall–Kier alpha value is -0.940. The molecule has 0 aliphatic heterocycles. The Morgan fingerprint density at radius 1 is 1.69 bits per heavy atom. The lowest BCUT2D eigenvalue weighted by Crippen LogP contribution is -2.56. The molecule has 1 aliphatic carbocycles. The number of carboxylic acids is 1. The fourth-order valence-electron chi connectivity index (χ4n) is 1.85. The molecule has 0 radical (unpaired) electrons. The largest absolute Gasteiger partial charge is 0.480 e. The van der Waals surface area contributed by atoms with Crippen LogP contribution in [0, 0.1) is 0 Å². The maximum Gasteiger partial charge on any atom is 0.323 e. The van der Waals surface area contributed by atoms with E-state index < -0.39 is 11.5 Å². The van der Waals surface area contributed by atoms with Gasteiger partial charge in [-0.15, -0.1) is 11.3 Å². The number of hydrogen-bond acceptors (Lipinski definition) is 4. The first-order valence-electron chi connectivity index (χ1n) is 5.58. The fraction of sp³-hybridized carbons (Fsp3) is 0.636. The Morgan fingerprint density at radius 3 is 2.88 bits per heavy atom. The van der Waals surface area contributed by atoms with Crippen LogP contribution in [0.5, 0.6) is 0 Å². The van der Waals surface area contributed by atoms with E-state index >= 15 is 0 Å². The normalized spacial score (nSPS) is 18.1. The van der Waals surface area contributed by atoms with E-state index in [9.17, 15) is 4.79 Å². The van der Waals surface area contributed by atoms with Crippen LogP contribution < -0.4 is 5.32 Å². The maximum atomic E-state index is 11.1. The molecule has 0 spiro atoms. The Labute approximate surface area is 98.7 Å². The van der Waals surface area contributed by atoms with Crippen molar-refractivity contribution in [3.63, 3.8) is 0 Å². The van der Waals surface area contributed by atoms with E-state index in [0.29, 0.717) is 6.54 Å². The summed E-state index contributed by atoms with van der Waals surface area (Å²) in [4.78, 5) is 15.5. The predicted molar refractivity (Wildman–Crippen MR) is 62.5 cm³/mol. The summed E-state index contributed by atoms with van der Waals surface area (Å²) < 4.78 is 0. The number of aromatic nitrogens is 1. The van der Waals surface area contributed by atoms with E-state index in [1.54, 1.807) is 11.3 Å². The molecule has 1 fully saturated rings. The number of carboxylic acid groups (broad SMARTS) is 1. The van der Waals surface area contributed by atoms with Gasteiger partial charge in [0.25, 0.3) is 0 Å². The summed E-state index contributed by atoms with van der Waals surface area (Å²) in [6.45, 7) is 2.63. The highest BCUT2D eigenvalue weighted by Gasteiger charge is 2.43. The first-order valence-corrected chi connectivity index (χ1v) is 6.46. The summed E-state index contributed by atoms with van der Waals surface area (Å²) in [6, 6.07) is 0. The van der Waals surface area contributed by atoms with Gasteiger partial charge in [-0.2, -0.15) is 0 Å². The Kier molecular flexibility index (Phi) is 3.25. The van der Waals surface area contributed by atoms with Crippen molar-refractivity contribution in [2.45, 2.75) is 44.7 Å². The van der Waals surface area contributed by atoms with Crippen LogP contribution in [-0.2, 0) is 17.8 Å². The Balaban J connectivity index is 1.93. The van der Waals surface area contributed by atoms with Gasteiger partial charge in [0.1, 0.15) is 5.54 Å². The molecule has 0 aromatic carbocycles. The minimum Gasteiger partial charge on any atom is -0.480 e. The third-order valence-electron chi connectivity index (χ3n) is 3.13. The highest BCUT2D eigenvalue weighted by Crippen LogP contribution is 2.32. The number of carbonyl (C=O) groups is 1. The van der Waals surface area contributed by atoms with Gasteiger partial charge in [0, 0.05) is 11.9 Å². The van der Waals surface area contributed by atoms with E-state index in [2.05, 4.69) is 17.2 Å². The highest BCUT2D eigenvalue weighted by atomic mass is 32.1. The van der Waals surface area contributed by atoms with Gasteiger partial charge in [0.15, 0.2) is 0 Å². The third-order valence-corrected chi connectivity index (χ3v) is 4.17. The van der Waals surface area contributed by atoms with Crippen LogP contribution in [0.15, 0.2) is 5.38 Å². The molecule has 2 rings (SSSR count). The van der Waals surface area contributed by atoms with Gasteiger partial charge < -0.3 is 5.11 Å². The van der Waals surface area contributed by atoms with Gasteiger partial charge >= 0.3 is 5.97 Å². The lowest BCUT2D eigenvalue weighted by atomic mass is 9.77. The Morgan fingerprint density at radius 2 is 2.44 bits per heavy atom. The molecule has 0 saturated heterocycles. The molecule has 5 heteroatoms. The number of thiazole rings is 1. The van der Waals surface area contributed by atoms with E-state index in [0.717, 1.165) is 36.4 Å². The SMILES string of the molecule is CCc1nc(CNC2(C(=O)O)CCC2)cs1. The molecule has 4 nitrogen and oxygen atoms in total. The van der Waals surface area contributed by atoms with Gasteiger partial charge in [-0.3, -0.25) is 10.1 Å². The molecular formula is C11H16N2O2S. The highest BCUT2D eigenvalue weighted by molar-refractivity contribution is 7.09. The van der Waals surface area contributed by atoms with Gasteiger partial charge in [-0.1, -0.05) is 6.92 Å². The monoisotopic (exact) mass is 240 g/mol. The maximum absolute atomic E-state index is 11.1. The molecule has 1 heterocycles. The first kappa shape index (κ1) is 11.5. The first-order chi connectivity index (χ1) is 7.66. The minimum atomic E-state index is -0.732. The summed E-state index contributed by atoms with van der Waals surface area (Å²) in [5, 5.41) is 15.4. The molecule has 1 aliphatic rings. The van der Waals surface area contributed by atoms with E-state index in [1.165, 1.54) is 0 Å². The number of nitrogens with one attached hydrogen (secondary N) is 1. The number of rotatable bonds is 5. The third kappa shape index (κ3) is 2.10. The second-order valence-electron chi connectivity index (χ2n) is 4.18. The van der Waals surface area contributed by atoms with Gasteiger partial charge in [-0.05, 0) is 25.7 Å². The van der Waals surface area contributed by atoms with Crippen LogP contribution in [-0.4, -0.2) is 21.6 Å². The van der Waals surface area contributed by atoms with Gasteiger partial charge in [0.2, 0.25) is 0 Å². The van der Waals surface area contributed by atoms with Crippen LogP contribution >= 0.6 is 11.3 Å². The van der Waals surface area contributed by atoms with Gasteiger partial charge in [0.05, 0.1) is 10.7 Å². The molecule has 1 saturated carbocycles. The van der Waals surface area contributed by atoms with Gasteiger partial charge in [-0.25, -0.2) is 4.98 Å². The zero-order valence-electron chi connectivity index (χ0n) is 9.32. The lowest BCUT2D eigenvalue weighted by molar-refractivity contribution is -0.148. The zero-order valence-corrected chi connectivity index (χ0v) is 10.1. The quantitative estimate of drug-likeness (QED) is 0.824. The van der Waals surface area contributed by atoms with Crippen molar-refractivity contribution in [3.8, 4) is 0 Å². The van der Waals surface area contributed by atoms with Crippen molar-refractivity contribution >= 4 is 17.3 Å². The predicted octanol–water partition coefficient (Wildman–Crippen LogP) is 1.80. The average molecular weight is 240 g/mol. The van der Waals surface area contributed by atoms with Crippen molar-refractivity contribution in [2.24, 2.45) is 0 Å². The summed E-state index contributed by atoms with van der Waals surface area (Å²) in [7, 11) is 0. The smallest absolute Gasteiger partial charge is 0.323 e. The van der Waals surface area contributed by atoms with Crippen molar-refractivity contribution < 1.29 is 9.90 Å². The Bertz CT molecular complexity index is 385. The molecule has 1 aromatic rings. The molecule has 0 bridgehead atoms. The summed E-state index contributed by atoms with van der Waals surface area (Å²) in [6.07, 6.45) is 3.39. The van der Waals surface area contributed by atoms with E-state index in [4.69, 9.17) is 5.11 Å². The van der Waals surface area contributed by atoms with Crippen LogP contribution in [0.4, 0.5) is 0 Å². The minimum absolute atomic E-state index is 0.558. The lowest BCUT2D eigenvalue weighted by Gasteiger charge is -2.38. The van der Waals surface area contributed by atoms with Crippen LogP contribution in [0.1, 0.15) is 36.9 Å². The van der Waals surface area contributed by atoms with E-state index in [1.807, 2.05) is 5.38 Å².